The molecule has 0 bridgehead atoms. The van der Waals surface area contributed by atoms with E-state index >= 15 is 0 Å². The van der Waals surface area contributed by atoms with E-state index in [1.807, 2.05) is 12.1 Å². The van der Waals surface area contributed by atoms with E-state index in [0.29, 0.717) is 5.92 Å². The molecule has 0 aromatic heterocycles. The van der Waals surface area contributed by atoms with Crippen molar-refractivity contribution in [3.63, 3.8) is 0 Å². The number of phenols is 1. The number of phenolic OH excluding ortho intramolecular Hbond substituents is 1. The Balaban J connectivity index is 2.77. The minimum Gasteiger partial charge on any atom is -0.508 e. The molecule has 0 spiro atoms. The molecule has 0 aliphatic heterocycles. The van der Waals surface area contributed by atoms with Crippen LogP contribution in [0, 0.1) is 5.92 Å². The molecule has 0 amide bonds. The highest BCUT2D eigenvalue weighted by Gasteiger charge is 2.14. The van der Waals surface area contributed by atoms with E-state index in [0.717, 1.165) is 12.0 Å². The molecule has 0 aliphatic carbocycles. The molecule has 2 unspecified atom stereocenters. The molecule has 0 heterocycles. The van der Waals surface area contributed by atoms with Crippen LogP contribution in [-0.4, -0.2) is 5.11 Å². The number of rotatable bonds is 3. The van der Waals surface area contributed by atoms with Gasteiger partial charge in [-0.2, -0.15) is 0 Å². The Morgan fingerprint density at radius 1 is 1.31 bits per heavy atom. The molecule has 1 nitrogen and oxygen atoms in total. The summed E-state index contributed by atoms with van der Waals surface area (Å²) >= 11 is 6.23. The first-order valence-electron chi connectivity index (χ1n) is 4.58. The molecule has 1 N–H and O–H groups in total. The predicted molar refractivity (Wildman–Crippen MR) is 56.2 cm³/mol. The minimum absolute atomic E-state index is 0.0469. The van der Waals surface area contributed by atoms with Gasteiger partial charge in [-0.1, -0.05) is 32.4 Å². The van der Waals surface area contributed by atoms with Gasteiger partial charge in [0.05, 0.1) is 5.38 Å². The van der Waals surface area contributed by atoms with E-state index in [2.05, 4.69) is 13.8 Å². The van der Waals surface area contributed by atoms with Crippen LogP contribution in [0.2, 0.25) is 0 Å². The summed E-state index contributed by atoms with van der Waals surface area (Å²) in [5, 5.41) is 9.14. The van der Waals surface area contributed by atoms with E-state index < -0.39 is 0 Å². The van der Waals surface area contributed by atoms with E-state index in [1.54, 1.807) is 12.1 Å². The summed E-state index contributed by atoms with van der Waals surface area (Å²) in [5.41, 5.74) is 1.08. The van der Waals surface area contributed by atoms with Crippen LogP contribution in [0.25, 0.3) is 0 Å². The second kappa shape index (κ2) is 4.52. The molecule has 0 saturated carbocycles. The molecule has 72 valence electrons. The van der Waals surface area contributed by atoms with E-state index in [4.69, 9.17) is 16.7 Å². The first kappa shape index (κ1) is 10.4. The highest BCUT2D eigenvalue weighted by molar-refractivity contribution is 6.21. The molecule has 0 saturated heterocycles. The molecule has 2 atom stereocenters. The third-order valence-electron chi connectivity index (χ3n) is 2.36. The third-order valence-corrected chi connectivity index (χ3v) is 3.04. The van der Waals surface area contributed by atoms with Crippen LogP contribution in [0.3, 0.4) is 0 Å². The molecule has 13 heavy (non-hydrogen) atoms. The van der Waals surface area contributed by atoms with Crippen molar-refractivity contribution < 1.29 is 5.11 Å². The van der Waals surface area contributed by atoms with Gasteiger partial charge in [0.1, 0.15) is 5.75 Å². The van der Waals surface area contributed by atoms with Crippen LogP contribution in [0.15, 0.2) is 24.3 Å². The van der Waals surface area contributed by atoms with E-state index in [-0.39, 0.29) is 11.1 Å². The lowest BCUT2D eigenvalue weighted by Crippen LogP contribution is -2.01. The predicted octanol–water partition coefficient (Wildman–Crippen LogP) is 3.72. The number of alkyl halides is 1. The molecule has 1 aromatic carbocycles. The molecule has 1 rings (SSSR count). The van der Waals surface area contributed by atoms with Crippen molar-refractivity contribution in [2.75, 3.05) is 0 Å². The fourth-order valence-corrected chi connectivity index (χ4v) is 1.52. The zero-order chi connectivity index (χ0) is 9.84. The van der Waals surface area contributed by atoms with Gasteiger partial charge in [-0.3, -0.25) is 0 Å². The lowest BCUT2D eigenvalue weighted by Gasteiger charge is -2.16. The first-order chi connectivity index (χ1) is 6.15. The van der Waals surface area contributed by atoms with Crippen molar-refractivity contribution in [1.29, 1.82) is 0 Å². The van der Waals surface area contributed by atoms with Crippen molar-refractivity contribution in [3.8, 4) is 5.75 Å². The average Bonchev–Trinajstić information content (AvgIpc) is 2.17. The summed E-state index contributed by atoms with van der Waals surface area (Å²) < 4.78 is 0. The molecule has 0 radical (unpaired) electrons. The van der Waals surface area contributed by atoms with Crippen molar-refractivity contribution in [3.05, 3.63) is 29.8 Å². The van der Waals surface area contributed by atoms with Gasteiger partial charge in [-0.15, -0.1) is 11.6 Å². The van der Waals surface area contributed by atoms with Crippen molar-refractivity contribution >= 4 is 11.6 Å². The summed E-state index contributed by atoms with van der Waals surface area (Å²) in [6.07, 6.45) is 1.06. The Labute approximate surface area is 84.4 Å². The Bertz CT molecular complexity index is 255. The summed E-state index contributed by atoms with van der Waals surface area (Å²) in [7, 11) is 0. The number of hydrogen-bond acceptors (Lipinski definition) is 1. The fraction of sp³-hybridized carbons (Fsp3) is 0.455. The van der Waals surface area contributed by atoms with E-state index in [9.17, 15) is 0 Å². The summed E-state index contributed by atoms with van der Waals surface area (Å²) in [5.74, 6) is 0.753. The van der Waals surface area contributed by atoms with Gasteiger partial charge in [0, 0.05) is 0 Å². The first-order valence-corrected chi connectivity index (χ1v) is 5.01. The van der Waals surface area contributed by atoms with Crippen LogP contribution in [0.4, 0.5) is 0 Å². The second-order valence-electron chi connectivity index (χ2n) is 3.38. The van der Waals surface area contributed by atoms with E-state index in [1.165, 1.54) is 0 Å². The Hall–Kier alpha value is -0.690. The third kappa shape index (κ3) is 2.63. The zero-order valence-electron chi connectivity index (χ0n) is 8.00. The van der Waals surface area contributed by atoms with Crippen molar-refractivity contribution in [2.24, 2.45) is 5.92 Å². The van der Waals surface area contributed by atoms with Gasteiger partial charge in [-0.05, 0) is 23.6 Å². The van der Waals surface area contributed by atoms with Crippen LogP contribution >= 0.6 is 11.6 Å². The Kier molecular flexibility index (Phi) is 3.61. The minimum atomic E-state index is 0.0469. The molecular formula is C11H15ClO. The number of hydrogen-bond donors (Lipinski definition) is 1. The van der Waals surface area contributed by atoms with Crippen LogP contribution in [0.1, 0.15) is 31.2 Å². The quantitative estimate of drug-likeness (QED) is 0.734. The standard InChI is InChI=1S/C11H15ClO/c1-3-8(2)11(12)9-4-6-10(13)7-5-9/h4-8,11,13H,3H2,1-2H3. The van der Waals surface area contributed by atoms with Crippen LogP contribution in [-0.2, 0) is 0 Å². The van der Waals surface area contributed by atoms with Crippen molar-refractivity contribution in [2.45, 2.75) is 25.6 Å². The van der Waals surface area contributed by atoms with Gasteiger partial charge in [0.25, 0.3) is 0 Å². The molecule has 0 fully saturated rings. The number of benzene rings is 1. The van der Waals surface area contributed by atoms with Gasteiger partial charge >= 0.3 is 0 Å². The topological polar surface area (TPSA) is 20.2 Å². The lowest BCUT2D eigenvalue weighted by molar-refractivity contribution is 0.474. The maximum absolute atomic E-state index is 9.09. The average molecular weight is 199 g/mol. The van der Waals surface area contributed by atoms with Crippen LogP contribution < -0.4 is 0 Å². The van der Waals surface area contributed by atoms with Crippen molar-refractivity contribution in [1.82, 2.24) is 0 Å². The van der Waals surface area contributed by atoms with Gasteiger partial charge in [0.15, 0.2) is 0 Å². The fourth-order valence-electron chi connectivity index (χ4n) is 1.19. The Morgan fingerprint density at radius 2 is 1.85 bits per heavy atom. The van der Waals surface area contributed by atoms with Gasteiger partial charge < -0.3 is 5.11 Å². The highest BCUT2D eigenvalue weighted by atomic mass is 35.5. The number of halogens is 1. The molecule has 2 heteroatoms. The second-order valence-corrected chi connectivity index (χ2v) is 3.85. The van der Waals surface area contributed by atoms with Gasteiger partial charge in [0.2, 0.25) is 0 Å². The zero-order valence-corrected chi connectivity index (χ0v) is 8.75. The monoisotopic (exact) mass is 198 g/mol. The summed E-state index contributed by atoms with van der Waals surface area (Å²) in [4.78, 5) is 0. The number of aromatic hydroxyl groups is 1. The SMILES string of the molecule is CCC(C)C(Cl)c1ccc(O)cc1. The van der Waals surface area contributed by atoms with Gasteiger partial charge in [-0.25, -0.2) is 0 Å². The normalized spacial score (nSPS) is 15.3. The lowest BCUT2D eigenvalue weighted by atomic mass is 9.98. The summed E-state index contributed by atoms with van der Waals surface area (Å²) in [6, 6.07) is 7.10. The maximum Gasteiger partial charge on any atom is 0.115 e. The molecular weight excluding hydrogens is 184 g/mol. The smallest absolute Gasteiger partial charge is 0.115 e. The largest absolute Gasteiger partial charge is 0.508 e. The summed E-state index contributed by atoms with van der Waals surface area (Å²) in [6.45, 7) is 4.25. The molecule has 0 aliphatic rings. The maximum atomic E-state index is 9.09. The Morgan fingerprint density at radius 3 is 2.31 bits per heavy atom. The highest BCUT2D eigenvalue weighted by Crippen LogP contribution is 2.31. The van der Waals surface area contributed by atoms with Crippen LogP contribution in [0.5, 0.6) is 5.75 Å². The molecule has 1 aromatic rings.